The molecule has 196 valence electrons. The summed E-state index contributed by atoms with van der Waals surface area (Å²) in [5, 5.41) is 4.22. The monoisotopic (exact) mass is 534 g/mol. The fraction of sp³-hybridized carbons (Fsp3) is 0.360. The molecule has 37 heavy (non-hydrogen) atoms. The van der Waals surface area contributed by atoms with Gasteiger partial charge in [-0.3, -0.25) is 4.79 Å². The van der Waals surface area contributed by atoms with E-state index in [2.05, 4.69) is 5.10 Å². The van der Waals surface area contributed by atoms with Crippen molar-refractivity contribution in [3.63, 3.8) is 0 Å². The molecule has 0 spiro atoms. The molecule has 5 rings (SSSR count). The Bertz CT molecular complexity index is 1450. The van der Waals surface area contributed by atoms with E-state index in [0.717, 1.165) is 52.9 Å². The predicted molar refractivity (Wildman–Crippen MR) is 130 cm³/mol. The molecular formula is C25H25F3N4O4S. The van der Waals surface area contributed by atoms with E-state index in [1.54, 1.807) is 11.0 Å². The Labute approximate surface area is 211 Å². The van der Waals surface area contributed by atoms with E-state index < -0.39 is 37.9 Å². The Morgan fingerprint density at radius 3 is 2.22 bits per heavy atom. The number of nitrogens with zero attached hydrogens (tertiary/aromatic N) is 4. The number of piperazine rings is 1. The largest absolute Gasteiger partial charge is 0.483 e. The van der Waals surface area contributed by atoms with Gasteiger partial charge in [0.2, 0.25) is 15.8 Å². The van der Waals surface area contributed by atoms with Crippen LogP contribution in [-0.2, 0) is 10.0 Å². The summed E-state index contributed by atoms with van der Waals surface area (Å²) in [6.45, 7) is 0.154. The van der Waals surface area contributed by atoms with Crippen molar-refractivity contribution in [2.75, 3.05) is 31.1 Å². The molecule has 1 aromatic heterocycles. The van der Waals surface area contributed by atoms with E-state index in [1.807, 2.05) is 0 Å². The van der Waals surface area contributed by atoms with Crippen molar-refractivity contribution in [1.82, 2.24) is 14.1 Å². The van der Waals surface area contributed by atoms with Gasteiger partial charge in [0, 0.05) is 26.2 Å². The molecular weight excluding hydrogens is 509 g/mol. The number of benzene rings is 2. The van der Waals surface area contributed by atoms with Crippen LogP contribution < -0.4 is 15.2 Å². The molecule has 12 heteroatoms. The van der Waals surface area contributed by atoms with Crippen LogP contribution in [0, 0.1) is 17.5 Å². The smallest absolute Gasteiger partial charge is 0.316 e. The zero-order valence-electron chi connectivity index (χ0n) is 19.8. The van der Waals surface area contributed by atoms with E-state index in [9.17, 15) is 26.4 Å². The highest BCUT2D eigenvalue weighted by Gasteiger charge is 2.34. The van der Waals surface area contributed by atoms with Crippen LogP contribution in [0.1, 0.15) is 25.7 Å². The Morgan fingerprint density at radius 2 is 1.57 bits per heavy atom. The lowest BCUT2D eigenvalue weighted by Gasteiger charge is -2.36. The van der Waals surface area contributed by atoms with Crippen LogP contribution in [0.5, 0.6) is 5.75 Å². The van der Waals surface area contributed by atoms with Crippen molar-refractivity contribution in [1.29, 1.82) is 0 Å². The quantitative estimate of drug-likeness (QED) is 0.482. The minimum Gasteiger partial charge on any atom is -0.483 e. The van der Waals surface area contributed by atoms with Gasteiger partial charge < -0.3 is 9.64 Å². The summed E-state index contributed by atoms with van der Waals surface area (Å²) in [6.07, 6.45) is 4.83. The summed E-state index contributed by atoms with van der Waals surface area (Å²) >= 11 is 0. The topological polar surface area (TPSA) is 84.7 Å². The maximum absolute atomic E-state index is 14.2. The van der Waals surface area contributed by atoms with Crippen LogP contribution >= 0.6 is 0 Å². The summed E-state index contributed by atoms with van der Waals surface area (Å²) in [4.78, 5) is 14.2. The van der Waals surface area contributed by atoms with Gasteiger partial charge in [-0.25, -0.2) is 21.6 Å². The molecule has 2 aliphatic rings. The summed E-state index contributed by atoms with van der Waals surface area (Å²) < 4.78 is 76.3. The lowest BCUT2D eigenvalue weighted by Crippen LogP contribution is -2.49. The number of hydrogen-bond donors (Lipinski definition) is 0. The Balaban J connectivity index is 1.44. The third-order valence-electron chi connectivity index (χ3n) is 6.65. The minimum atomic E-state index is -4.40. The maximum atomic E-state index is 14.2. The summed E-state index contributed by atoms with van der Waals surface area (Å²) in [5.74, 6) is -2.76. The number of halogens is 3. The number of rotatable bonds is 6. The molecule has 1 aliphatic carbocycles. The molecule has 1 saturated heterocycles. The number of aromatic nitrogens is 2. The third-order valence-corrected chi connectivity index (χ3v) is 8.60. The summed E-state index contributed by atoms with van der Waals surface area (Å²) in [7, 11) is -4.40. The first kappa shape index (κ1) is 25.3. The fourth-order valence-electron chi connectivity index (χ4n) is 4.76. The Hall–Kier alpha value is -3.38. The SMILES string of the molecule is O=c1c(OC2CCCC2)c(N2CCN(S(=O)(=O)c3c(F)cccc3F)CC2)cnn1-c1cccc(F)c1. The van der Waals surface area contributed by atoms with Crippen molar-refractivity contribution in [3.05, 3.63) is 76.5 Å². The summed E-state index contributed by atoms with van der Waals surface area (Å²) in [6, 6.07) is 8.39. The molecule has 3 aromatic rings. The van der Waals surface area contributed by atoms with E-state index in [1.165, 1.54) is 24.4 Å². The first-order chi connectivity index (χ1) is 17.8. The van der Waals surface area contributed by atoms with Gasteiger partial charge in [-0.05, 0) is 56.0 Å². The second-order valence-corrected chi connectivity index (χ2v) is 10.9. The molecule has 0 unspecified atom stereocenters. The van der Waals surface area contributed by atoms with E-state index >= 15 is 0 Å². The second kappa shape index (κ2) is 10.2. The lowest BCUT2D eigenvalue weighted by molar-refractivity contribution is 0.205. The van der Waals surface area contributed by atoms with Crippen LogP contribution in [0.2, 0.25) is 0 Å². The van der Waals surface area contributed by atoms with Crippen molar-refractivity contribution in [3.8, 4) is 11.4 Å². The second-order valence-electron chi connectivity index (χ2n) is 9.02. The minimum absolute atomic E-state index is 0.0580. The Kier molecular flexibility index (Phi) is 6.95. The first-order valence-electron chi connectivity index (χ1n) is 12.0. The molecule has 2 aromatic carbocycles. The molecule has 8 nitrogen and oxygen atoms in total. The van der Waals surface area contributed by atoms with Gasteiger partial charge in [0.1, 0.15) is 23.1 Å². The molecule has 0 atom stereocenters. The van der Waals surface area contributed by atoms with E-state index in [-0.39, 0.29) is 43.7 Å². The van der Waals surface area contributed by atoms with Crippen LogP contribution in [-0.4, -0.2) is 54.8 Å². The Morgan fingerprint density at radius 1 is 0.919 bits per heavy atom. The molecule has 0 N–H and O–H groups in total. The van der Waals surface area contributed by atoms with Gasteiger partial charge in [-0.2, -0.15) is 14.1 Å². The molecule has 0 bridgehead atoms. The van der Waals surface area contributed by atoms with E-state index in [4.69, 9.17) is 4.74 Å². The number of sulfonamides is 1. The van der Waals surface area contributed by atoms with Crippen LogP contribution in [0.25, 0.3) is 5.69 Å². The highest BCUT2D eigenvalue weighted by Crippen LogP contribution is 2.31. The fourth-order valence-corrected chi connectivity index (χ4v) is 6.29. The van der Waals surface area contributed by atoms with Crippen LogP contribution in [0.15, 0.2) is 58.4 Å². The van der Waals surface area contributed by atoms with Gasteiger partial charge in [0.25, 0.3) is 0 Å². The predicted octanol–water partition coefficient (Wildman–Crippen LogP) is 3.48. The maximum Gasteiger partial charge on any atom is 0.316 e. The number of hydrogen-bond acceptors (Lipinski definition) is 6. The average molecular weight is 535 g/mol. The van der Waals surface area contributed by atoms with Crippen molar-refractivity contribution in [2.24, 2.45) is 0 Å². The molecule has 0 amide bonds. The van der Waals surface area contributed by atoms with Crippen LogP contribution in [0.3, 0.4) is 0 Å². The van der Waals surface area contributed by atoms with Gasteiger partial charge in [0.15, 0.2) is 4.90 Å². The number of ether oxygens (including phenoxy) is 1. The zero-order valence-corrected chi connectivity index (χ0v) is 20.6. The van der Waals surface area contributed by atoms with Crippen molar-refractivity contribution >= 4 is 15.7 Å². The standard InChI is InChI=1S/C25H25F3N4O4S/c26-17-5-3-6-18(15-17)32-25(33)23(36-19-7-1-2-8-19)22(16-29-32)30-11-13-31(14-12-30)37(34,35)24-20(27)9-4-10-21(24)28/h3-6,9-10,15-16,19H,1-2,7-8,11-14H2. The van der Waals surface area contributed by atoms with Crippen molar-refractivity contribution < 1.29 is 26.3 Å². The van der Waals surface area contributed by atoms with Crippen LogP contribution in [0.4, 0.5) is 18.9 Å². The van der Waals surface area contributed by atoms with Crippen molar-refractivity contribution in [2.45, 2.75) is 36.7 Å². The normalized spacial score (nSPS) is 17.3. The summed E-state index contributed by atoms with van der Waals surface area (Å²) in [5.41, 5.74) is 0.0767. The van der Waals surface area contributed by atoms with Gasteiger partial charge in [0.05, 0.1) is 18.0 Å². The van der Waals surface area contributed by atoms with Gasteiger partial charge in [-0.1, -0.05) is 12.1 Å². The van der Waals surface area contributed by atoms with E-state index in [0.29, 0.717) is 5.69 Å². The molecule has 1 saturated carbocycles. The van der Waals surface area contributed by atoms with Gasteiger partial charge in [-0.15, -0.1) is 0 Å². The zero-order chi connectivity index (χ0) is 26.2. The molecule has 0 radical (unpaired) electrons. The highest BCUT2D eigenvalue weighted by atomic mass is 32.2. The highest BCUT2D eigenvalue weighted by molar-refractivity contribution is 7.89. The molecule has 2 fully saturated rings. The average Bonchev–Trinajstić information content (AvgIpc) is 3.38. The third kappa shape index (κ3) is 4.95. The lowest BCUT2D eigenvalue weighted by atomic mass is 10.2. The molecule has 1 aliphatic heterocycles. The molecule has 2 heterocycles. The first-order valence-corrected chi connectivity index (χ1v) is 13.4. The van der Waals surface area contributed by atoms with Gasteiger partial charge >= 0.3 is 5.56 Å². The number of anilines is 1.